The van der Waals surface area contributed by atoms with E-state index in [1.54, 1.807) is 0 Å². The number of hydrogen-bond acceptors (Lipinski definition) is 3. The average Bonchev–Trinajstić information content (AvgIpc) is 3.91. The van der Waals surface area contributed by atoms with E-state index in [1.807, 2.05) is 0 Å². The van der Waals surface area contributed by atoms with Crippen molar-refractivity contribution in [3.8, 4) is 22.3 Å². The van der Waals surface area contributed by atoms with Crippen LogP contribution < -0.4 is 9.80 Å². The molecule has 1 atom stereocenters. The summed E-state index contributed by atoms with van der Waals surface area (Å²) in [6, 6.07) is 78.9. The first kappa shape index (κ1) is 32.6. The van der Waals surface area contributed by atoms with Gasteiger partial charge in [0.1, 0.15) is 16.8 Å². The number of fused-ring (bicyclic) bond motifs is 13. The molecule has 0 radical (unpaired) electrons. The first-order chi connectivity index (χ1) is 28.8. The second kappa shape index (κ2) is 12.7. The van der Waals surface area contributed by atoms with E-state index in [-0.39, 0.29) is 0 Å². The monoisotopic (exact) mass is 740 g/mol. The van der Waals surface area contributed by atoms with Crippen molar-refractivity contribution in [3.63, 3.8) is 0 Å². The fourth-order valence-corrected chi connectivity index (χ4v) is 9.85. The smallest absolute Gasteiger partial charge is 0.135 e. The van der Waals surface area contributed by atoms with Gasteiger partial charge in [0.15, 0.2) is 0 Å². The van der Waals surface area contributed by atoms with Crippen molar-refractivity contribution in [2.24, 2.45) is 0 Å². The van der Waals surface area contributed by atoms with E-state index in [0.717, 1.165) is 50.9 Å². The largest absolute Gasteiger partial charge is 0.459 e. The van der Waals surface area contributed by atoms with Gasteiger partial charge in [0.25, 0.3) is 0 Å². The molecule has 2 aliphatic rings. The van der Waals surface area contributed by atoms with Crippen molar-refractivity contribution >= 4 is 55.9 Å². The Hall–Kier alpha value is -7.62. The molecule has 0 bridgehead atoms. The second-order valence-corrected chi connectivity index (χ2v) is 15.2. The number of hydrogen-bond donors (Lipinski definition) is 0. The third-order valence-electron chi connectivity index (χ3n) is 12.2. The maximum atomic E-state index is 7.21. The molecule has 0 saturated carbocycles. The summed E-state index contributed by atoms with van der Waals surface area (Å²) in [6.07, 6.45) is 0. The molecule has 2 aliphatic carbocycles. The van der Waals surface area contributed by atoms with Gasteiger partial charge in [0.2, 0.25) is 0 Å². The van der Waals surface area contributed by atoms with Gasteiger partial charge in [-0.25, -0.2) is 0 Å². The Morgan fingerprint density at radius 1 is 0.345 bits per heavy atom. The number of para-hydroxylation sites is 4. The maximum Gasteiger partial charge on any atom is 0.135 e. The molecule has 3 heteroatoms. The first-order valence-electron chi connectivity index (χ1n) is 19.9. The van der Waals surface area contributed by atoms with Gasteiger partial charge >= 0.3 is 0 Å². The van der Waals surface area contributed by atoms with Crippen LogP contribution in [0.25, 0.3) is 44.0 Å². The molecule has 0 N–H and O–H groups in total. The van der Waals surface area contributed by atoms with Crippen LogP contribution in [0, 0.1) is 0 Å². The van der Waals surface area contributed by atoms with Crippen molar-refractivity contribution in [2.75, 3.05) is 9.80 Å². The van der Waals surface area contributed by atoms with Crippen molar-refractivity contribution in [1.29, 1.82) is 0 Å². The standard InChI is InChI=1S/C55H36N2O/c1-4-19-38(20-5-1)56(39-21-6-2-7-22-39)41-31-33-45-44-26-12-14-28-48(44)55(49(45)35-41)50-36-42(32-34-46(50)53-47-27-13-15-30-52(47)58-54(53)55)57(40-23-8-3-9-24-40)51-29-16-18-37-17-10-11-25-43(37)51/h1-36H. The number of benzene rings is 9. The molecule has 272 valence electrons. The summed E-state index contributed by atoms with van der Waals surface area (Å²) in [4.78, 5) is 4.78. The number of rotatable bonds is 6. The van der Waals surface area contributed by atoms with Gasteiger partial charge in [-0.1, -0.05) is 146 Å². The molecule has 10 aromatic rings. The van der Waals surface area contributed by atoms with Crippen molar-refractivity contribution in [3.05, 3.63) is 241 Å². The molecule has 12 rings (SSSR count). The van der Waals surface area contributed by atoms with Crippen molar-refractivity contribution in [1.82, 2.24) is 0 Å². The molecule has 0 aliphatic heterocycles. The zero-order valence-electron chi connectivity index (χ0n) is 31.6. The van der Waals surface area contributed by atoms with Gasteiger partial charge in [-0.15, -0.1) is 0 Å². The van der Waals surface area contributed by atoms with Crippen LogP contribution in [-0.4, -0.2) is 0 Å². The zero-order valence-corrected chi connectivity index (χ0v) is 31.6. The molecule has 0 amide bonds. The SMILES string of the molecule is c1ccc(N(c2ccccc2)c2ccc3c(c2)C2(c4ccccc4-3)c3cc(N(c4ccccc4)c4cccc5ccccc45)ccc3-c3c2oc2ccccc32)cc1. The highest BCUT2D eigenvalue weighted by Crippen LogP contribution is 2.65. The fourth-order valence-electron chi connectivity index (χ4n) is 9.85. The molecule has 0 saturated heterocycles. The van der Waals surface area contributed by atoms with Crippen LogP contribution in [-0.2, 0) is 5.41 Å². The van der Waals surface area contributed by atoms with E-state index in [0.29, 0.717) is 0 Å². The third kappa shape index (κ3) is 4.62. The van der Waals surface area contributed by atoms with Crippen LogP contribution in [0.3, 0.4) is 0 Å². The van der Waals surface area contributed by atoms with Crippen LogP contribution in [0.15, 0.2) is 223 Å². The summed E-state index contributed by atoms with van der Waals surface area (Å²) in [7, 11) is 0. The van der Waals surface area contributed by atoms with Gasteiger partial charge in [-0.3, -0.25) is 0 Å². The summed E-state index contributed by atoms with van der Waals surface area (Å²) in [5, 5.41) is 3.54. The maximum absolute atomic E-state index is 7.21. The molecule has 1 heterocycles. The summed E-state index contributed by atoms with van der Waals surface area (Å²) >= 11 is 0. The Kier molecular flexibility index (Phi) is 7.14. The normalized spacial score (nSPS) is 14.6. The minimum Gasteiger partial charge on any atom is -0.459 e. The molecular weight excluding hydrogens is 705 g/mol. The highest BCUT2D eigenvalue weighted by atomic mass is 16.3. The Balaban J connectivity index is 1.17. The third-order valence-corrected chi connectivity index (χ3v) is 12.2. The number of furan rings is 1. The molecular formula is C55H36N2O. The predicted octanol–water partition coefficient (Wildman–Crippen LogP) is 14.9. The number of nitrogens with zero attached hydrogens (tertiary/aromatic N) is 2. The highest BCUT2D eigenvalue weighted by Gasteiger charge is 2.55. The Labute approximate surface area is 337 Å². The van der Waals surface area contributed by atoms with E-state index < -0.39 is 5.41 Å². The quantitative estimate of drug-likeness (QED) is 0.169. The molecule has 3 nitrogen and oxygen atoms in total. The fraction of sp³-hybridized carbons (Fsp3) is 0.0182. The molecule has 1 spiro atoms. The lowest BCUT2D eigenvalue weighted by Crippen LogP contribution is -2.26. The van der Waals surface area contributed by atoms with E-state index in [9.17, 15) is 0 Å². The van der Waals surface area contributed by atoms with Crippen LogP contribution in [0.2, 0.25) is 0 Å². The highest BCUT2D eigenvalue weighted by molar-refractivity contribution is 6.06. The summed E-state index contributed by atoms with van der Waals surface area (Å²) in [6.45, 7) is 0. The van der Waals surface area contributed by atoms with Crippen molar-refractivity contribution in [2.45, 2.75) is 5.41 Å². The first-order valence-corrected chi connectivity index (χ1v) is 19.9. The van der Waals surface area contributed by atoms with Crippen LogP contribution in [0.5, 0.6) is 0 Å². The Bertz CT molecular complexity index is 3140. The zero-order chi connectivity index (χ0) is 38.2. The topological polar surface area (TPSA) is 19.6 Å². The van der Waals surface area contributed by atoms with Crippen LogP contribution >= 0.6 is 0 Å². The van der Waals surface area contributed by atoms with Gasteiger partial charge in [-0.2, -0.15) is 0 Å². The average molecular weight is 741 g/mol. The number of anilines is 6. The van der Waals surface area contributed by atoms with Gasteiger partial charge in [-0.05, 0) is 112 Å². The molecule has 1 unspecified atom stereocenters. The summed E-state index contributed by atoms with van der Waals surface area (Å²) in [5.41, 5.74) is 15.3. The lowest BCUT2D eigenvalue weighted by Gasteiger charge is -2.32. The van der Waals surface area contributed by atoms with E-state index in [2.05, 4.69) is 228 Å². The second-order valence-electron chi connectivity index (χ2n) is 15.2. The predicted molar refractivity (Wildman–Crippen MR) is 239 cm³/mol. The Morgan fingerprint density at radius 2 is 0.862 bits per heavy atom. The van der Waals surface area contributed by atoms with Crippen molar-refractivity contribution < 1.29 is 4.42 Å². The minimum absolute atomic E-state index is 0.720. The van der Waals surface area contributed by atoms with E-state index in [1.165, 1.54) is 49.7 Å². The van der Waals surface area contributed by atoms with Crippen LogP contribution in [0.4, 0.5) is 34.1 Å². The molecule has 0 fully saturated rings. The summed E-state index contributed by atoms with van der Waals surface area (Å²) < 4.78 is 7.21. The van der Waals surface area contributed by atoms with Gasteiger partial charge in [0.05, 0.1) is 5.69 Å². The molecule has 1 aromatic heterocycles. The molecule has 58 heavy (non-hydrogen) atoms. The Morgan fingerprint density at radius 3 is 1.59 bits per heavy atom. The lowest BCUT2D eigenvalue weighted by atomic mass is 9.73. The summed E-state index contributed by atoms with van der Waals surface area (Å²) in [5.74, 6) is 0.978. The van der Waals surface area contributed by atoms with E-state index in [4.69, 9.17) is 4.42 Å². The van der Waals surface area contributed by atoms with Gasteiger partial charge in [0, 0.05) is 44.8 Å². The van der Waals surface area contributed by atoms with Crippen LogP contribution in [0.1, 0.15) is 22.5 Å². The lowest BCUT2D eigenvalue weighted by molar-refractivity contribution is 0.507. The van der Waals surface area contributed by atoms with Gasteiger partial charge < -0.3 is 14.2 Å². The molecule has 9 aromatic carbocycles. The van der Waals surface area contributed by atoms with E-state index >= 15 is 0 Å². The minimum atomic E-state index is -0.720.